The third-order valence-electron chi connectivity index (χ3n) is 3.62. The standard InChI is InChI=1S/C16H18N2O3S/c1-22(19,20)18-10-14-7-8-17-9-15(14)16(11-18)21-12-13-5-3-2-4-6-13/h2-8,11,17H,9-10,12H2,1H3. The van der Waals surface area contributed by atoms with Crippen LogP contribution in [0, 0.1) is 0 Å². The van der Waals surface area contributed by atoms with Crippen LogP contribution in [0.4, 0.5) is 0 Å². The third kappa shape index (κ3) is 3.17. The maximum absolute atomic E-state index is 11.8. The fourth-order valence-corrected chi connectivity index (χ4v) is 3.08. The van der Waals surface area contributed by atoms with Gasteiger partial charge in [0.15, 0.2) is 0 Å². The van der Waals surface area contributed by atoms with E-state index in [4.69, 9.17) is 4.74 Å². The summed E-state index contributed by atoms with van der Waals surface area (Å²) in [6.45, 7) is 1.40. The minimum absolute atomic E-state index is 0.352. The van der Waals surface area contributed by atoms with Crippen LogP contribution in [0.3, 0.4) is 0 Å². The van der Waals surface area contributed by atoms with E-state index in [0.717, 1.165) is 16.7 Å². The Kier molecular flexibility index (Phi) is 3.94. The van der Waals surface area contributed by atoms with E-state index in [1.165, 1.54) is 10.6 Å². The van der Waals surface area contributed by atoms with Crippen LogP contribution in [0.25, 0.3) is 0 Å². The summed E-state index contributed by atoms with van der Waals surface area (Å²) in [5.74, 6) is 0.604. The molecular weight excluding hydrogens is 300 g/mol. The zero-order chi connectivity index (χ0) is 15.6. The van der Waals surface area contributed by atoms with Gasteiger partial charge in [-0.1, -0.05) is 30.3 Å². The Balaban J connectivity index is 1.85. The highest BCUT2D eigenvalue weighted by atomic mass is 32.2. The van der Waals surface area contributed by atoms with Crippen LogP contribution < -0.4 is 5.32 Å². The first kappa shape index (κ1) is 14.7. The molecule has 0 atom stereocenters. The predicted octanol–water partition coefficient (Wildman–Crippen LogP) is 1.73. The minimum Gasteiger partial charge on any atom is -0.487 e. The number of benzene rings is 1. The monoisotopic (exact) mass is 318 g/mol. The highest BCUT2D eigenvalue weighted by molar-refractivity contribution is 7.88. The Morgan fingerprint density at radius 1 is 1.27 bits per heavy atom. The van der Waals surface area contributed by atoms with Gasteiger partial charge in [-0.2, -0.15) is 0 Å². The number of rotatable bonds is 4. The van der Waals surface area contributed by atoms with Gasteiger partial charge in [0, 0.05) is 12.1 Å². The molecule has 0 fully saturated rings. The topological polar surface area (TPSA) is 58.6 Å². The van der Waals surface area contributed by atoms with Crippen molar-refractivity contribution in [2.45, 2.75) is 6.61 Å². The van der Waals surface area contributed by atoms with Gasteiger partial charge in [-0.15, -0.1) is 0 Å². The molecule has 0 saturated carbocycles. The molecule has 2 heterocycles. The molecular formula is C16H18N2O3S. The first-order valence-corrected chi connectivity index (χ1v) is 8.86. The molecule has 1 aromatic rings. The molecule has 2 aliphatic rings. The van der Waals surface area contributed by atoms with Crippen molar-refractivity contribution in [3.63, 3.8) is 0 Å². The molecule has 0 saturated heterocycles. The van der Waals surface area contributed by atoms with Gasteiger partial charge in [-0.3, -0.25) is 4.31 Å². The van der Waals surface area contributed by atoms with Gasteiger partial charge in [0.05, 0.1) is 19.0 Å². The van der Waals surface area contributed by atoms with Gasteiger partial charge in [-0.05, 0) is 23.4 Å². The highest BCUT2D eigenvalue weighted by Gasteiger charge is 2.26. The first-order chi connectivity index (χ1) is 10.5. The number of sulfonamides is 1. The Morgan fingerprint density at radius 3 is 2.77 bits per heavy atom. The quantitative estimate of drug-likeness (QED) is 0.918. The van der Waals surface area contributed by atoms with Crippen LogP contribution in [0.2, 0.25) is 0 Å². The minimum atomic E-state index is -3.30. The van der Waals surface area contributed by atoms with Crippen LogP contribution in [0.5, 0.6) is 0 Å². The summed E-state index contributed by atoms with van der Waals surface area (Å²) in [7, 11) is -3.30. The van der Waals surface area contributed by atoms with Crippen molar-refractivity contribution in [1.82, 2.24) is 9.62 Å². The number of hydrogen-bond acceptors (Lipinski definition) is 4. The average Bonchev–Trinajstić information content (AvgIpc) is 2.52. The van der Waals surface area contributed by atoms with Crippen molar-refractivity contribution in [2.75, 3.05) is 19.3 Å². The molecule has 0 amide bonds. The molecule has 1 N–H and O–H groups in total. The molecule has 2 aliphatic heterocycles. The van der Waals surface area contributed by atoms with Gasteiger partial charge in [0.2, 0.25) is 10.0 Å². The van der Waals surface area contributed by atoms with Gasteiger partial charge < -0.3 is 10.1 Å². The van der Waals surface area contributed by atoms with E-state index in [0.29, 0.717) is 25.5 Å². The lowest BCUT2D eigenvalue weighted by Gasteiger charge is -2.30. The number of hydrogen-bond donors (Lipinski definition) is 1. The maximum Gasteiger partial charge on any atom is 0.232 e. The molecule has 5 nitrogen and oxygen atoms in total. The van der Waals surface area contributed by atoms with Crippen molar-refractivity contribution in [3.05, 3.63) is 71.3 Å². The van der Waals surface area contributed by atoms with Crippen LogP contribution in [0.15, 0.2) is 65.7 Å². The Bertz CT molecular complexity index is 749. The summed E-state index contributed by atoms with van der Waals surface area (Å²) in [4.78, 5) is 0. The molecule has 116 valence electrons. The Labute approximate surface area is 130 Å². The van der Waals surface area contributed by atoms with Crippen molar-refractivity contribution in [2.24, 2.45) is 0 Å². The summed E-state index contributed by atoms with van der Waals surface area (Å²) in [6.07, 6.45) is 6.52. The van der Waals surface area contributed by atoms with Crippen molar-refractivity contribution in [1.29, 1.82) is 0 Å². The van der Waals surface area contributed by atoms with E-state index in [-0.39, 0.29) is 0 Å². The second kappa shape index (κ2) is 5.88. The normalized spacial score (nSPS) is 17.7. The van der Waals surface area contributed by atoms with Gasteiger partial charge >= 0.3 is 0 Å². The average molecular weight is 318 g/mol. The Hall–Kier alpha value is -2.21. The zero-order valence-corrected chi connectivity index (χ0v) is 13.1. The lowest BCUT2D eigenvalue weighted by atomic mass is 10.0. The molecule has 3 rings (SSSR count). The van der Waals surface area contributed by atoms with E-state index in [9.17, 15) is 8.42 Å². The number of dihydropyridines is 1. The molecule has 0 aromatic heterocycles. The van der Waals surface area contributed by atoms with Crippen LogP contribution in [0.1, 0.15) is 5.56 Å². The third-order valence-corrected chi connectivity index (χ3v) is 4.70. The summed E-state index contributed by atoms with van der Waals surface area (Å²) < 4.78 is 30.9. The Morgan fingerprint density at radius 2 is 2.05 bits per heavy atom. The van der Waals surface area contributed by atoms with Gasteiger partial charge in [-0.25, -0.2) is 8.42 Å². The molecule has 0 spiro atoms. The molecule has 0 aliphatic carbocycles. The van der Waals surface area contributed by atoms with E-state index in [1.54, 1.807) is 6.20 Å². The van der Waals surface area contributed by atoms with Crippen molar-refractivity contribution in [3.8, 4) is 0 Å². The predicted molar refractivity (Wildman–Crippen MR) is 85.0 cm³/mol. The number of nitrogens with zero attached hydrogens (tertiary/aromatic N) is 1. The van der Waals surface area contributed by atoms with Crippen LogP contribution in [-0.4, -0.2) is 32.1 Å². The SMILES string of the molecule is CS(=O)(=O)N1C=C(OCc2ccccc2)C2=C(C=CNC2)C1. The fraction of sp³-hybridized carbons (Fsp3) is 0.250. The zero-order valence-electron chi connectivity index (χ0n) is 12.3. The molecule has 0 unspecified atom stereocenters. The van der Waals surface area contributed by atoms with Gasteiger partial charge in [0.1, 0.15) is 12.4 Å². The van der Waals surface area contributed by atoms with Gasteiger partial charge in [0.25, 0.3) is 0 Å². The molecule has 6 heteroatoms. The molecule has 1 aromatic carbocycles. The number of nitrogens with one attached hydrogen (secondary N) is 1. The fourth-order valence-electron chi connectivity index (χ4n) is 2.42. The molecule has 22 heavy (non-hydrogen) atoms. The van der Waals surface area contributed by atoms with E-state index >= 15 is 0 Å². The summed E-state index contributed by atoms with van der Waals surface area (Å²) in [5, 5.41) is 3.14. The largest absolute Gasteiger partial charge is 0.487 e. The lowest BCUT2D eigenvalue weighted by Crippen LogP contribution is -2.33. The number of ether oxygens (including phenoxy) is 1. The molecule has 0 radical (unpaired) electrons. The highest BCUT2D eigenvalue weighted by Crippen LogP contribution is 2.27. The van der Waals surface area contributed by atoms with Crippen molar-refractivity contribution < 1.29 is 13.2 Å². The van der Waals surface area contributed by atoms with Crippen LogP contribution in [-0.2, 0) is 21.4 Å². The van der Waals surface area contributed by atoms with Crippen molar-refractivity contribution >= 4 is 10.0 Å². The second-order valence-corrected chi connectivity index (χ2v) is 7.23. The first-order valence-electron chi connectivity index (χ1n) is 7.02. The summed E-state index contributed by atoms with van der Waals surface area (Å²) in [5.41, 5.74) is 3.02. The summed E-state index contributed by atoms with van der Waals surface area (Å²) in [6, 6.07) is 9.81. The summed E-state index contributed by atoms with van der Waals surface area (Å²) >= 11 is 0. The van der Waals surface area contributed by atoms with Crippen LogP contribution >= 0.6 is 0 Å². The smallest absolute Gasteiger partial charge is 0.232 e. The maximum atomic E-state index is 11.8. The van der Waals surface area contributed by atoms with E-state index < -0.39 is 10.0 Å². The second-order valence-electron chi connectivity index (χ2n) is 5.29. The lowest BCUT2D eigenvalue weighted by molar-refractivity contribution is 0.198. The van der Waals surface area contributed by atoms with E-state index in [2.05, 4.69) is 5.32 Å². The van der Waals surface area contributed by atoms with E-state index in [1.807, 2.05) is 42.6 Å². The molecule has 0 bridgehead atoms.